The molecule has 2 aliphatic heterocycles. The van der Waals surface area contributed by atoms with Gasteiger partial charge in [0.25, 0.3) is 0 Å². The Labute approximate surface area is 121 Å². The summed E-state index contributed by atoms with van der Waals surface area (Å²) in [6.45, 7) is 0.759. The molecule has 0 amide bonds. The van der Waals surface area contributed by atoms with Crippen LogP contribution >= 0.6 is 0 Å². The number of piperidine rings is 1. The minimum absolute atomic E-state index is 0.0452. The lowest BCUT2D eigenvalue weighted by atomic mass is 9.49. The molecule has 4 atom stereocenters. The molecule has 4 aliphatic rings. The Hall–Kier alpha value is -1.59. The molecule has 2 bridgehead atoms. The van der Waals surface area contributed by atoms with Crippen molar-refractivity contribution in [1.29, 1.82) is 0 Å². The van der Waals surface area contributed by atoms with Gasteiger partial charge in [-0.1, -0.05) is 6.07 Å². The van der Waals surface area contributed by atoms with E-state index in [-0.39, 0.29) is 17.6 Å². The maximum absolute atomic E-state index is 12.4. The fourth-order valence-corrected chi connectivity index (χ4v) is 5.22. The molecule has 0 radical (unpaired) electrons. The van der Waals surface area contributed by atoms with Crippen molar-refractivity contribution < 1.29 is 19.7 Å². The maximum atomic E-state index is 12.4. The summed E-state index contributed by atoms with van der Waals surface area (Å²) in [5, 5.41) is 25.0. The van der Waals surface area contributed by atoms with Gasteiger partial charge in [-0.25, -0.2) is 0 Å². The van der Waals surface area contributed by atoms with E-state index in [1.807, 2.05) is 6.07 Å². The number of carbonyl (C=O) groups excluding carboxylic acids is 1. The molecule has 1 saturated heterocycles. The Morgan fingerprint density at radius 2 is 2.19 bits per heavy atom. The van der Waals surface area contributed by atoms with Crippen molar-refractivity contribution >= 4 is 5.78 Å². The highest BCUT2D eigenvalue weighted by atomic mass is 16.5. The zero-order chi connectivity index (χ0) is 14.4. The average molecular weight is 287 g/mol. The molecule has 1 aromatic rings. The van der Waals surface area contributed by atoms with Gasteiger partial charge in [-0.2, -0.15) is 0 Å². The monoisotopic (exact) mass is 287 g/mol. The normalized spacial score (nSPS) is 42.4. The summed E-state index contributed by atoms with van der Waals surface area (Å²) in [6.07, 6.45) is 1.54. The minimum Gasteiger partial charge on any atom is -0.504 e. The highest BCUT2D eigenvalue weighted by molar-refractivity contribution is 5.90. The van der Waals surface area contributed by atoms with E-state index in [0.717, 1.165) is 17.7 Å². The number of Topliss-reactive ketones (excluding diaryl/α,β-unsaturated/α-hetero) is 1. The van der Waals surface area contributed by atoms with Gasteiger partial charge in [-0.15, -0.1) is 0 Å². The van der Waals surface area contributed by atoms with E-state index < -0.39 is 17.1 Å². The highest BCUT2D eigenvalue weighted by Gasteiger charge is 2.71. The minimum atomic E-state index is -0.962. The second kappa shape index (κ2) is 3.42. The van der Waals surface area contributed by atoms with Crippen LogP contribution in [-0.4, -0.2) is 40.3 Å². The summed E-state index contributed by atoms with van der Waals surface area (Å²) >= 11 is 0. The lowest BCUT2D eigenvalue weighted by Crippen LogP contribution is -2.76. The molecule has 5 heteroatoms. The SMILES string of the molecule is O=C1CC[C@@]2(O)[C@@H]3Cc4ccc(O)c5c4[C@]2(CCN3)[C@@H]1O5. The van der Waals surface area contributed by atoms with Gasteiger partial charge < -0.3 is 20.3 Å². The zero-order valence-electron chi connectivity index (χ0n) is 11.6. The number of aromatic hydroxyl groups is 1. The molecule has 5 nitrogen and oxygen atoms in total. The van der Waals surface area contributed by atoms with Crippen LogP contribution in [0.4, 0.5) is 0 Å². The maximum Gasteiger partial charge on any atom is 0.174 e. The third-order valence-corrected chi connectivity index (χ3v) is 6.08. The number of ether oxygens (including phenoxy) is 1. The van der Waals surface area contributed by atoms with Crippen molar-refractivity contribution in [1.82, 2.24) is 5.32 Å². The number of aliphatic hydroxyl groups is 1. The van der Waals surface area contributed by atoms with Gasteiger partial charge in [0.1, 0.15) is 0 Å². The average Bonchev–Trinajstić information content (AvgIpc) is 2.80. The Morgan fingerprint density at radius 3 is 3.05 bits per heavy atom. The van der Waals surface area contributed by atoms with E-state index >= 15 is 0 Å². The topological polar surface area (TPSA) is 78.8 Å². The Balaban J connectivity index is 1.89. The first-order valence-corrected chi connectivity index (χ1v) is 7.58. The Bertz CT molecular complexity index is 687. The molecule has 0 aromatic heterocycles. The number of nitrogens with one attached hydrogen (secondary N) is 1. The van der Waals surface area contributed by atoms with E-state index in [9.17, 15) is 15.0 Å². The predicted octanol–water partition coefficient (Wildman–Crippen LogP) is 0.403. The lowest BCUT2D eigenvalue weighted by molar-refractivity contribution is -0.166. The largest absolute Gasteiger partial charge is 0.504 e. The first-order valence-electron chi connectivity index (χ1n) is 7.58. The van der Waals surface area contributed by atoms with Gasteiger partial charge in [-0.05, 0) is 37.4 Å². The molecular formula is C16H17NO4. The van der Waals surface area contributed by atoms with Gasteiger partial charge in [0.2, 0.25) is 0 Å². The fourth-order valence-electron chi connectivity index (χ4n) is 5.22. The first kappa shape index (κ1) is 12.0. The van der Waals surface area contributed by atoms with Crippen molar-refractivity contribution in [2.24, 2.45) is 0 Å². The molecule has 3 N–H and O–H groups in total. The van der Waals surface area contributed by atoms with Gasteiger partial charge >= 0.3 is 0 Å². The fraction of sp³-hybridized carbons (Fsp3) is 0.562. The molecule has 5 rings (SSSR count). The van der Waals surface area contributed by atoms with Crippen molar-refractivity contribution in [2.75, 3.05) is 6.54 Å². The van der Waals surface area contributed by atoms with Gasteiger partial charge in [-0.3, -0.25) is 4.79 Å². The summed E-state index contributed by atoms with van der Waals surface area (Å²) in [4.78, 5) is 12.4. The van der Waals surface area contributed by atoms with Crippen molar-refractivity contribution in [2.45, 2.75) is 48.8 Å². The zero-order valence-corrected chi connectivity index (χ0v) is 11.6. The van der Waals surface area contributed by atoms with Crippen LogP contribution in [0.1, 0.15) is 30.4 Å². The molecule has 1 saturated carbocycles. The molecule has 21 heavy (non-hydrogen) atoms. The number of rotatable bonds is 0. The highest BCUT2D eigenvalue weighted by Crippen LogP contribution is 2.63. The van der Waals surface area contributed by atoms with Crippen molar-refractivity contribution in [3.63, 3.8) is 0 Å². The number of phenols is 1. The Morgan fingerprint density at radius 1 is 1.33 bits per heavy atom. The summed E-state index contributed by atoms with van der Waals surface area (Å²) in [6, 6.07) is 3.49. The second-order valence-corrected chi connectivity index (χ2v) is 6.77. The summed E-state index contributed by atoms with van der Waals surface area (Å²) in [5.41, 5.74) is 0.332. The molecule has 1 spiro atoms. The van der Waals surface area contributed by atoms with E-state index in [1.54, 1.807) is 6.07 Å². The lowest BCUT2D eigenvalue weighted by Gasteiger charge is -2.59. The van der Waals surface area contributed by atoms with Gasteiger partial charge in [0.05, 0.1) is 11.0 Å². The molecule has 2 fully saturated rings. The standard InChI is InChI=1S/C16H17NO4/c18-9-2-1-8-7-11-16(20)4-3-10(19)14-15(16,5-6-17-11)12(8)13(9)21-14/h1-2,11,14,17-18,20H,3-7H2/t11-,14+,15+,16+/m0/s1. The predicted molar refractivity (Wildman–Crippen MR) is 73.5 cm³/mol. The number of carbonyl (C=O) groups is 1. The summed E-state index contributed by atoms with van der Waals surface area (Å²) in [7, 11) is 0. The van der Waals surface area contributed by atoms with Crippen LogP contribution < -0.4 is 10.1 Å². The summed E-state index contributed by atoms with van der Waals surface area (Å²) in [5.74, 6) is 0.542. The summed E-state index contributed by atoms with van der Waals surface area (Å²) < 4.78 is 5.90. The molecule has 2 aliphatic carbocycles. The van der Waals surface area contributed by atoms with Crippen LogP contribution in [0.3, 0.4) is 0 Å². The number of hydrogen-bond acceptors (Lipinski definition) is 5. The molecular weight excluding hydrogens is 270 g/mol. The van der Waals surface area contributed by atoms with Crippen molar-refractivity contribution in [3.8, 4) is 11.5 Å². The number of phenolic OH excluding ortho intramolecular Hbond substituents is 1. The van der Waals surface area contributed by atoms with Crippen LogP contribution in [0.25, 0.3) is 0 Å². The molecule has 2 heterocycles. The van der Waals surface area contributed by atoms with Gasteiger partial charge in [0, 0.05) is 18.0 Å². The first-order chi connectivity index (χ1) is 10.1. The smallest absolute Gasteiger partial charge is 0.174 e. The molecule has 0 unspecified atom stereocenters. The number of benzene rings is 1. The van der Waals surface area contributed by atoms with Gasteiger partial charge in [0.15, 0.2) is 23.4 Å². The number of hydrogen-bond donors (Lipinski definition) is 3. The number of ketones is 1. The van der Waals surface area contributed by atoms with E-state index in [4.69, 9.17) is 4.74 Å². The van der Waals surface area contributed by atoms with Crippen LogP contribution in [0.2, 0.25) is 0 Å². The van der Waals surface area contributed by atoms with Crippen LogP contribution in [0.5, 0.6) is 11.5 Å². The van der Waals surface area contributed by atoms with E-state index in [1.165, 1.54) is 0 Å². The van der Waals surface area contributed by atoms with E-state index in [2.05, 4.69) is 5.32 Å². The third-order valence-electron chi connectivity index (χ3n) is 6.08. The van der Waals surface area contributed by atoms with E-state index in [0.29, 0.717) is 31.4 Å². The third kappa shape index (κ3) is 1.09. The molecule has 110 valence electrons. The van der Waals surface area contributed by atoms with Crippen LogP contribution in [0, 0.1) is 0 Å². The van der Waals surface area contributed by atoms with Crippen molar-refractivity contribution in [3.05, 3.63) is 23.3 Å². The quantitative estimate of drug-likeness (QED) is 0.644. The Kier molecular flexibility index (Phi) is 1.95. The second-order valence-electron chi connectivity index (χ2n) is 6.77. The van der Waals surface area contributed by atoms with Crippen LogP contribution in [-0.2, 0) is 16.6 Å². The molecule has 1 aromatic carbocycles. The van der Waals surface area contributed by atoms with Crippen LogP contribution in [0.15, 0.2) is 12.1 Å².